The number of phenols is 1. The number of phenolic OH excluding ortho intramolecular Hbond substituents is 1. The number of hydrogen-bond acceptors (Lipinski definition) is 6. The lowest BCUT2D eigenvalue weighted by Crippen LogP contribution is -2.50. The highest BCUT2D eigenvalue weighted by Crippen LogP contribution is 2.24. The van der Waals surface area contributed by atoms with Crippen LogP contribution in [0.1, 0.15) is 16.8 Å². The van der Waals surface area contributed by atoms with Crippen LogP contribution in [-0.4, -0.2) is 64.4 Å². The molecule has 9 heteroatoms. The van der Waals surface area contributed by atoms with E-state index in [1.54, 1.807) is 28.0 Å². The minimum absolute atomic E-state index is 0.0262. The number of nitro benzene ring substituents is 1. The number of amides is 2. The summed E-state index contributed by atoms with van der Waals surface area (Å²) in [5, 5.41) is 20.4. The van der Waals surface area contributed by atoms with Crippen molar-refractivity contribution in [3.63, 3.8) is 0 Å². The van der Waals surface area contributed by atoms with E-state index < -0.39 is 4.92 Å². The van der Waals surface area contributed by atoms with E-state index in [0.29, 0.717) is 37.5 Å². The largest absolute Gasteiger partial charge is 0.504 e. The zero-order chi connectivity index (χ0) is 20.8. The molecule has 0 spiro atoms. The summed E-state index contributed by atoms with van der Waals surface area (Å²) in [6.07, 6.45) is 0.171. The van der Waals surface area contributed by atoms with Gasteiger partial charge in [0.1, 0.15) is 0 Å². The lowest BCUT2D eigenvalue weighted by atomic mass is 10.1. The van der Waals surface area contributed by atoms with Gasteiger partial charge in [0, 0.05) is 43.9 Å². The molecule has 0 unspecified atom stereocenters. The molecular formula is C20H21N3O6. The Morgan fingerprint density at radius 3 is 2.24 bits per heavy atom. The van der Waals surface area contributed by atoms with Crippen molar-refractivity contribution < 1.29 is 24.4 Å². The topological polar surface area (TPSA) is 113 Å². The van der Waals surface area contributed by atoms with Crippen LogP contribution in [0, 0.1) is 10.1 Å². The van der Waals surface area contributed by atoms with Crippen molar-refractivity contribution in [2.45, 2.75) is 6.42 Å². The van der Waals surface area contributed by atoms with E-state index in [4.69, 9.17) is 4.74 Å². The highest BCUT2D eigenvalue weighted by molar-refractivity contribution is 5.94. The fraction of sp³-hybridized carbons (Fsp3) is 0.300. The lowest BCUT2D eigenvalue weighted by molar-refractivity contribution is -0.384. The summed E-state index contributed by atoms with van der Waals surface area (Å²) in [4.78, 5) is 38.4. The van der Waals surface area contributed by atoms with Crippen LogP contribution in [0.2, 0.25) is 0 Å². The minimum atomic E-state index is -0.512. The molecule has 1 saturated heterocycles. The van der Waals surface area contributed by atoms with E-state index in [9.17, 15) is 24.8 Å². The van der Waals surface area contributed by atoms with E-state index in [2.05, 4.69) is 0 Å². The molecular weight excluding hydrogens is 378 g/mol. The number of hydrogen-bond donors (Lipinski definition) is 1. The Morgan fingerprint density at radius 2 is 1.62 bits per heavy atom. The molecule has 1 fully saturated rings. The molecule has 1 aliphatic heterocycles. The van der Waals surface area contributed by atoms with Gasteiger partial charge in [0.25, 0.3) is 11.6 Å². The van der Waals surface area contributed by atoms with Crippen molar-refractivity contribution in [1.82, 2.24) is 9.80 Å². The highest BCUT2D eigenvalue weighted by atomic mass is 16.6. The Balaban J connectivity index is 1.45. The summed E-state index contributed by atoms with van der Waals surface area (Å²) in [5.41, 5.74) is 0.314. The van der Waals surface area contributed by atoms with Crippen LogP contribution < -0.4 is 4.74 Å². The second-order valence-corrected chi connectivity index (χ2v) is 6.54. The summed E-state index contributed by atoms with van der Waals surface area (Å²) in [5.74, 6) is 0.0647. The SMILES string of the molecule is O=C(CCOc1ccccc1O)N1CCN(C(=O)c2ccc([N+](=O)[O-])cc2)CC1. The fourth-order valence-corrected chi connectivity index (χ4v) is 3.05. The first-order valence-corrected chi connectivity index (χ1v) is 9.18. The van der Waals surface area contributed by atoms with E-state index in [1.165, 1.54) is 30.3 Å². The van der Waals surface area contributed by atoms with Gasteiger partial charge < -0.3 is 19.6 Å². The molecule has 1 heterocycles. The molecule has 0 atom stereocenters. The highest BCUT2D eigenvalue weighted by Gasteiger charge is 2.25. The zero-order valence-electron chi connectivity index (χ0n) is 15.7. The first-order chi connectivity index (χ1) is 14.0. The molecule has 2 aromatic carbocycles. The van der Waals surface area contributed by atoms with Gasteiger partial charge in [-0.3, -0.25) is 19.7 Å². The number of piperazine rings is 1. The second-order valence-electron chi connectivity index (χ2n) is 6.54. The van der Waals surface area contributed by atoms with Gasteiger partial charge in [-0.15, -0.1) is 0 Å². The monoisotopic (exact) mass is 399 g/mol. The van der Waals surface area contributed by atoms with Crippen molar-refractivity contribution in [2.24, 2.45) is 0 Å². The number of rotatable bonds is 6. The zero-order valence-corrected chi connectivity index (χ0v) is 15.7. The molecule has 2 amide bonds. The number of para-hydroxylation sites is 2. The second kappa shape index (κ2) is 9.05. The number of nitrogens with zero attached hydrogens (tertiary/aromatic N) is 3. The quantitative estimate of drug-likeness (QED) is 0.588. The van der Waals surface area contributed by atoms with Gasteiger partial charge in [0.2, 0.25) is 5.91 Å². The summed E-state index contributed by atoms with van der Waals surface area (Å²) in [6, 6.07) is 12.0. The smallest absolute Gasteiger partial charge is 0.269 e. The van der Waals surface area contributed by atoms with Gasteiger partial charge in [0.05, 0.1) is 18.0 Å². The summed E-state index contributed by atoms with van der Waals surface area (Å²) < 4.78 is 5.43. The molecule has 152 valence electrons. The van der Waals surface area contributed by atoms with Gasteiger partial charge in [-0.25, -0.2) is 0 Å². The van der Waals surface area contributed by atoms with E-state index >= 15 is 0 Å². The number of carbonyl (C=O) groups is 2. The maximum atomic E-state index is 12.5. The molecule has 29 heavy (non-hydrogen) atoms. The van der Waals surface area contributed by atoms with Crippen LogP contribution in [0.15, 0.2) is 48.5 Å². The van der Waals surface area contributed by atoms with Crippen LogP contribution in [0.4, 0.5) is 5.69 Å². The number of carbonyl (C=O) groups excluding carboxylic acids is 2. The summed E-state index contributed by atoms with van der Waals surface area (Å²) in [6.45, 7) is 1.75. The van der Waals surface area contributed by atoms with Crippen LogP contribution in [0.3, 0.4) is 0 Å². The average Bonchev–Trinajstić information content (AvgIpc) is 2.74. The van der Waals surface area contributed by atoms with Crippen LogP contribution in [0.5, 0.6) is 11.5 Å². The molecule has 0 aromatic heterocycles. The van der Waals surface area contributed by atoms with Gasteiger partial charge in [-0.1, -0.05) is 12.1 Å². The Morgan fingerprint density at radius 1 is 1.00 bits per heavy atom. The summed E-state index contributed by atoms with van der Waals surface area (Å²) >= 11 is 0. The lowest BCUT2D eigenvalue weighted by Gasteiger charge is -2.34. The number of ether oxygens (including phenoxy) is 1. The number of aromatic hydroxyl groups is 1. The van der Waals surface area contributed by atoms with Crippen molar-refractivity contribution in [3.8, 4) is 11.5 Å². The molecule has 2 aromatic rings. The molecule has 1 N–H and O–H groups in total. The van der Waals surface area contributed by atoms with E-state index in [0.717, 1.165) is 0 Å². The third kappa shape index (κ3) is 5.01. The molecule has 0 radical (unpaired) electrons. The van der Waals surface area contributed by atoms with Crippen molar-refractivity contribution in [1.29, 1.82) is 0 Å². The first kappa shape index (κ1) is 20.1. The normalized spacial score (nSPS) is 13.8. The fourth-order valence-electron chi connectivity index (χ4n) is 3.05. The van der Waals surface area contributed by atoms with Crippen LogP contribution in [0.25, 0.3) is 0 Å². The standard InChI is InChI=1S/C20H21N3O6/c24-17-3-1-2-4-18(17)29-14-9-19(25)21-10-12-22(13-11-21)20(26)15-5-7-16(8-6-15)23(27)28/h1-8,24H,9-14H2. The number of non-ortho nitro benzene ring substituents is 1. The molecule has 0 saturated carbocycles. The van der Waals surface area contributed by atoms with Crippen molar-refractivity contribution in [2.75, 3.05) is 32.8 Å². The first-order valence-electron chi connectivity index (χ1n) is 9.18. The predicted octanol–water partition coefficient (Wildman–Crippen LogP) is 2.05. The third-order valence-corrected chi connectivity index (χ3v) is 4.68. The van der Waals surface area contributed by atoms with E-state index in [1.807, 2.05) is 0 Å². The Kier molecular flexibility index (Phi) is 6.28. The van der Waals surface area contributed by atoms with E-state index in [-0.39, 0.29) is 36.3 Å². The average molecular weight is 399 g/mol. The maximum Gasteiger partial charge on any atom is 0.269 e. The maximum absolute atomic E-state index is 12.5. The van der Waals surface area contributed by atoms with Crippen LogP contribution in [-0.2, 0) is 4.79 Å². The molecule has 0 bridgehead atoms. The Hall–Kier alpha value is -3.62. The third-order valence-electron chi connectivity index (χ3n) is 4.68. The van der Waals surface area contributed by atoms with Gasteiger partial charge in [-0.05, 0) is 24.3 Å². The number of benzene rings is 2. The van der Waals surface area contributed by atoms with Crippen molar-refractivity contribution in [3.05, 3.63) is 64.2 Å². The Labute approximate surface area is 167 Å². The molecule has 3 rings (SSSR count). The Bertz CT molecular complexity index is 891. The molecule has 0 aliphatic carbocycles. The molecule has 1 aliphatic rings. The molecule has 9 nitrogen and oxygen atoms in total. The predicted molar refractivity (Wildman–Crippen MR) is 104 cm³/mol. The van der Waals surface area contributed by atoms with Crippen LogP contribution >= 0.6 is 0 Å². The van der Waals surface area contributed by atoms with Crippen molar-refractivity contribution >= 4 is 17.5 Å². The van der Waals surface area contributed by atoms with Gasteiger partial charge in [0.15, 0.2) is 11.5 Å². The van der Waals surface area contributed by atoms with Gasteiger partial charge >= 0.3 is 0 Å². The summed E-state index contributed by atoms with van der Waals surface area (Å²) in [7, 11) is 0. The minimum Gasteiger partial charge on any atom is -0.504 e. The van der Waals surface area contributed by atoms with Gasteiger partial charge in [-0.2, -0.15) is 0 Å². The number of nitro groups is 1.